The molecule has 1 saturated heterocycles. The molecule has 6 N–H and O–H groups in total. The van der Waals surface area contributed by atoms with Gasteiger partial charge in [0, 0.05) is 29.9 Å². The minimum absolute atomic E-state index is 0.0252. The molecule has 1 unspecified atom stereocenters. The number of allylic oxidation sites excluding steroid dienone is 4. The summed E-state index contributed by atoms with van der Waals surface area (Å²) >= 11 is 6.29. The highest BCUT2D eigenvalue weighted by Gasteiger charge is 2.29. The van der Waals surface area contributed by atoms with Crippen LogP contribution < -0.4 is 26.7 Å². The SMILES string of the molecule is CN1/C(=C\C(=C/C=O)c2cc(Cl)ccc2N(N)/C=N\N)CCC1c1ncc(-c2ccc3c(n2)OCCN3)[nH]1. The molecule has 0 saturated carbocycles. The maximum Gasteiger partial charge on any atom is 0.238 e. The Morgan fingerprint density at radius 2 is 2.21 bits per heavy atom. The number of hydrogen-bond acceptors (Lipinski definition) is 9. The van der Waals surface area contributed by atoms with Crippen molar-refractivity contribution in [1.29, 1.82) is 0 Å². The Morgan fingerprint density at radius 1 is 1.34 bits per heavy atom. The summed E-state index contributed by atoms with van der Waals surface area (Å²) in [6.45, 7) is 1.35. The zero-order valence-electron chi connectivity index (χ0n) is 20.8. The first-order valence-corrected chi connectivity index (χ1v) is 12.5. The van der Waals surface area contributed by atoms with Gasteiger partial charge in [-0.3, -0.25) is 9.80 Å². The molecule has 4 heterocycles. The molecule has 1 atom stereocenters. The van der Waals surface area contributed by atoms with E-state index in [0.29, 0.717) is 34.3 Å². The van der Waals surface area contributed by atoms with Crippen molar-refractivity contribution in [2.75, 3.05) is 30.5 Å². The summed E-state index contributed by atoms with van der Waals surface area (Å²) in [7, 11) is 2.01. The highest BCUT2D eigenvalue weighted by molar-refractivity contribution is 6.31. The summed E-state index contributed by atoms with van der Waals surface area (Å²) in [5.41, 5.74) is 5.43. The van der Waals surface area contributed by atoms with Crippen LogP contribution in [-0.4, -0.2) is 52.7 Å². The van der Waals surface area contributed by atoms with Crippen LogP contribution in [0.25, 0.3) is 17.0 Å². The number of imidazole rings is 1. The van der Waals surface area contributed by atoms with Gasteiger partial charge in [0.2, 0.25) is 5.88 Å². The van der Waals surface area contributed by atoms with Gasteiger partial charge in [-0.05, 0) is 60.9 Å². The summed E-state index contributed by atoms with van der Waals surface area (Å²) in [4.78, 5) is 26.4. The number of H-pyrrole nitrogens is 1. The zero-order valence-corrected chi connectivity index (χ0v) is 21.5. The highest BCUT2D eigenvalue weighted by Crippen LogP contribution is 2.39. The Labute approximate surface area is 224 Å². The number of carbonyl (C=O) groups is 1. The summed E-state index contributed by atoms with van der Waals surface area (Å²) in [6, 6.07) is 9.14. The molecule has 2 aliphatic heterocycles. The summed E-state index contributed by atoms with van der Waals surface area (Å²) in [6.07, 6.45) is 8.91. The number of benzene rings is 1. The number of hydrazone groups is 1. The Kier molecular flexibility index (Phi) is 7.29. The number of hydrazine groups is 1. The van der Waals surface area contributed by atoms with Gasteiger partial charge in [0.1, 0.15) is 25.1 Å². The molecule has 2 aliphatic rings. The second-order valence-corrected chi connectivity index (χ2v) is 9.34. The number of aldehydes is 1. The van der Waals surface area contributed by atoms with Crippen LogP contribution in [0.15, 0.2) is 59.5 Å². The van der Waals surface area contributed by atoms with E-state index in [4.69, 9.17) is 28.0 Å². The van der Waals surface area contributed by atoms with Crippen molar-refractivity contribution in [2.45, 2.75) is 18.9 Å². The first kappa shape index (κ1) is 25.3. The number of nitrogens with two attached hydrogens (primary N) is 2. The van der Waals surface area contributed by atoms with E-state index in [-0.39, 0.29) is 6.04 Å². The largest absolute Gasteiger partial charge is 0.474 e. The zero-order chi connectivity index (χ0) is 26.6. The van der Waals surface area contributed by atoms with Crippen molar-refractivity contribution < 1.29 is 9.53 Å². The second-order valence-electron chi connectivity index (χ2n) is 8.90. The Balaban J connectivity index is 1.41. The Morgan fingerprint density at radius 3 is 3.03 bits per heavy atom. The van der Waals surface area contributed by atoms with Gasteiger partial charge < -0.3 is 25.8 Å². The predicted octanol–water partition coefficient (Wildman–Crippen LogP) is 3.44. The molecular formula is C26H28ClN9O2. The Bertz CT molecular complexity index is 1430. The molecule has 0 aliphatic carbocycles. The highest BCUT2D eigenvalue weighted by atomic mass is 35.5. The summed E-state index contributed by atoms with van der Waals surface area (Å²) < 4.78 is 5.67. The van der Waals surface area contributed by atoms with Crippen molar-refractivity contribution in [3.05, 3.63) is 70.8 Å². The van der Waals surface area contributed by atoms with Gasteiger partial charge in [0.25, 0.3) is 0 Å². The van der Waals surface area contributed by atoms with Crippen molar-refractivity contribution in [1.82, 2.24) is 19.9 Å². The topological polar surface area (TPSA) is 151 Å². The predicted molar refractivity (Wildman–Crippen MR) is 148 cm³/mol. The quantitative estimate of drug-likeness (QED) is 0.0893. The molecule has 1 fully saturated rings. The Hall–Kier alpha value is -4.35. The number of ether oxygens (including phenoxy) is 1. The van der Waals surface area contributed by atoms with Crippen LogP contribution in [0.1, 0.15) is 30.3 Å². The fourth-order valence-corrected chi connectivity index (χ4v) is 4.89. The third-order valence-corrected chi connectivity index (χ3v) is 6.84. The number of aromatic amines is 1. The minimum atomic E-state index is 0.0252. The molecule has 0 radical (unpaired) electrons. The lowest BCUT2D eigenvalue weighted by atomic mass is 10.0. The van der Waals surface area contributed by atoms with Crippen molar-refractivity contribution in [3.63, 3.8) is 0 Å². The van der Waals surface area contributed by atoms with Crippen LogP contribution in [0, 0.1) is 0 Å². The van der Waals surface area contributed by atoms with Crippen LogP contribution >= 0.6 is 11.6 Å². The second kappa shape index (κ2) is 11.0. The molecular weight excluding hydrogens is 506 g/mol. The van der Waals surface area contributed by atoms with E-state index in [1.807, 2.05) is 25.3 Å². The number of aromatic nitrogens is 3. The van der Waals surface area contributed by atoms with Crippen molar-refractivity contribution in [2.24, 2.45) is 16.8 Å². The first-order valence-electron chi connectivity index (χ1n) is 12.1. The number of carbonyl (C=O) groups excluding carboxylic acids is 1. The summed E-state index contributed by atoms with van der Waals surface area (Å²) in [5, 5.41) is 8.56. The first-order chi connectivity index (χ1) is 18.5. The standard InChI is InChI=1S/C26H28ClN9O2/c1-35-18(12-16(8-10-37)19-13-17(27)2-6-23(19)36(29)15-32-28)3-7-24(35)25-31-14-22(33-25)20-4-5-21-26(34-20)38-11-9-30-21/h2,4-6,8,10,12-15,24,30H,3,7,9,11,28-29H2,1H3,(H,31,33)/b16-8+,18-12-,32-15-. The van der Waals surface area contributed by atoms with Crippen LogP contribution in [-0.2, 0) is 4.79 Å². The van der Waals surface area contributed by atoms with Crippen LogP contribution in [0.4, 0.5) is 11.4 Å². The maximum atomic E-state index is 11.6. The molecule has 0 bridgehead atoms. The number of nitrogens with one attached hydrogen (secondary N) is 2. The van der Waals surface area contributed by atoms with Gasteiger partial charge in [-0.15, -0.1) is 0 Å². The van der Waals surface area contributed by atoms with Crippen LogP contribution in [0.3, 0.4) is 0 Å². The number of hydrogen-bond donors (Lipinski definition) is 4. The molecule has 2 aromatic heterocycles. The van der Waals surface area contributed by atoms with Gasteiger partial charge in [0.15, 0.2) is 0 Å². The molecule has 0 spiro atoms. The normalized spacial score (nSPS) is 18.4. The van der Waals surface area contributed by atoms with E-state index in [0.717, 1.165) is 54.3 Å². The molecule has 0 amide bonds. The third-order valence-electron chi connectivity index (χ3n) is 6.61. The van der Waals surface area contributed by atoms with E-state index in [2.05, 4.69) is 30.3 Å². The van der Waals surface area contributed by atoms with Gasteiger partial charge in [-0.2, -0.15) is 5.10 Å². The third kappa shape index (κ3) is 5.06. The number of likely N-dealkylation sites (tertiary alicyclic amines) is 1. The molecule has 1 aromatic carbocycles. The number of pyridine rings is 1. The fourth-order valence-electron chi connectivity index (χ4n) is 4.72. The van der Waals surface area contributed by atoms with E-state index in [1.165, 1.54) is 17.4 Å². The lowest BCUT2D eigenvalue weighted by molar-refractivity contribution is -0.104. The van der Waals surface area contributed by atoms with Gasteiger partial charge in [-0.1, -0.05) is 11.6 Å². The lowest BCUT2D eigenvalue weighted by Gasteiger charge is -2.22. The fraction of sp³-hybridized carbons (Fsp3) is 0.231. The van der Waals surface area contributed by atoms with Crippen molar-refractivity contribution >= 4 is 41.2 Å². The number of nitrogens with zero attached hydrogens (tertiary/aromatic N) is 5. The smallest absolute Gasteiger partial charge is 0.238 e. The minimum Gasteiger partial charge on any atom is -0.474 e. The van der Waals surface area contributed by atoms with E-state index < -0.39 is 0 Å². The van der Waals surface area contributed by atoms with Gasteiger partial charge in [-0.25, -0.2) is 15.8 Å². The average Bonchev–Trinajstić information content (AvgIpc) is 3.55. The molecule has 11 nitrogen and oxygen atoms in total. The molecule has 38 heavy (non-hydrogen) atoms. The van der Waals surface area contributed by atoms with Gasteiger partial charge >= 0.3 is 0 Å². The molecule has 3 aromatic rings. The van der Waals surface area contributed by atoms with E-state index in [1.54, 1.807) is 24.4 Å². The maximum absolute atomic E-state index is 11.6. The van der Waals surface area contributed by atoms with Crippen molar-refractivity contribution in [3.8, 4) is 17.3 Å². The lowest BCUT2D eigenvalue weighted by Crippen LogP contribution is -2.30. The number of rotatable bonds is 7. The molecule has 5 rings (SSSR count). The average molecular weight is 534 g/mol. The van der Waals surface area contributed by atoms with E-state index in [9.17, 15) is 4.79 Å². The van der Waals surface area contributed by atoms with Gasteiger partial charge in [0.05, 0.1) is 35.0 Å². The summed E-state index contributed by atoms with van der Waals surface area (Å²) in [5.74, 6) is 12.8. The number of halogens is 1. The number of anilines is 2. The number of fused-ring (bicyclic) bond motifs is 1. The molecule has 12 heteroatoms. The molecule has 196 valence electrons. The van der Waals surface area contributed by atoms with E-state index >= 15 is 0 Å². The van der Waals surface area contributed by atoms with Crippen LogP contribution in [0.5, 0.6) is 5.88 Å². The monoisotopic (exact) mass is 533 g/mol. The van der Waals surface area contributed by atoms with Crippen LogP contribution in [0.2, 0.25) is 5.02 Å².